The number of aliphatic hydroxyl groups is 1. The molecule has 0 amide bonds. The molecule has 0 aromatic carbocycles. The van der Waals surface area contributed by atoms with Crippen LogP contribution in [0.3, 0.4) is 0 Å². The Morgan fingerprint density at radius 3 is 2.71 bits per heavy atom. The highest BCUT2D eigenvalue weighted by molar-refractivity contribution is 7.99. The molecule has 1 rings (SSSR count). The first-order valence-electron chi connectivity index (χ1n) is 5.09. The molecule has 0 aliphatic rings. The minimum atomic E-state index is -1.32. The summed E-state index contributed by atoms with van der Waals surface area (Å²) in [5, 5.41) is 11.1. The lowest BCUT2D eigenvalue weighted by Crippen LogP contribution is -2.09. The van der Waals surface area contributed by atoms with Crippen LogP contribution in [0.2, 0.25) is 0 Å². The number of nitrogens with zero attached hydrogens (tertiary/aromatic N) is 1. The van der Waals surface area contributed by atoms with E-state index in [4.69, 9.17) is 5.11 Å². The summed E-state index contributed by atoms with van der Waals surface area (Å²) >= 11 is 1.57. The number of halogens is 3. The molecule has 96 valence electrons. The summed E-state index contributed by atoms with van der Waals surface area (Å²) in [6.45, 7) is 0.533. The second-order valence-electron chi connectivity index (χ2n) is 3.21. The monoisotopic (exact) mass is 266 g/mol. The first kappa shape index (κ1) is 14.1. The lowest BCUT2D eigenvalue weighted by molar-refractivity contribution is 0.296. The predicted octanol–water partition coefficient (Wildman–Crippen LogP) is 2.03. The summed E-state index contributed by atoms with van der Waals surface area (Å²) < 4.78 is 38.4. The molecule has 0 radical (unpaired) electrons. The average molecular weight is 266 g/mol. The molecule has 7 heteroatoms. The summed E-state index contributed by atoms with van der Waals surface area (Å²) in [5.74, 6) is -2.35. The Bertz CT molecular complexity index is 366. The normalized spacial score (nSPS) is 10.6. The van der Waals surface area contributed by atoms with Gasteiger partial charge in [0.15, 0.2) is 17.5 Å². The average Bonchev–Trinajstić information content (AvgIpc) is 2.30. The maximum Gasteiger partial charge on any atom is 0.251 e. The van der Waals surface area contributed by atoms with Gasteiger partial charge >= 0.3 is 0 Å². The van der Waals surface area contributed by atoms with Gasteiger partial charge in [0.25, 0.3) is 5.95 Å². The highest BCUT2D eigenvalue weighted by Crippen LogP contribution is 2.14. The van der Waals surface area contributed by atoms with Gasteiger partial charge in [-0.15, -0.1) is 0 Å². The standard InChI is InChI=1S/C10H13F3N2OS/c11-7-6-8(12)10(15-9(7)13)14-2-5-17-4-1-3-16/h6,16H,1-5H2,(H,14,15). The van der Waals surface area contributed by atoms with Crippen molar-refractivity contribution in [1.82, 2.24) is 4.98 Å². The molecule has 1 aromatic heterocycles. The van der Waals surface area contributed by atoms with E-state index in [2.05, 4.69) is 10.3 Å². The van der Waals surface area contributed by atoms with Crippen molar-refractivity contribution in [2.75, 3.05) is 30.0 Å². The zero-order chi connectivity index (χ0) is 12.7. The lowest BCUT2D eigenvalue weighted by atomic mass is 10.4. The molecule has 1 heterocycles. The highest BCUT2D eigenvalue weighted by Gasteiger charge is 2.10. The van der Waals surface area contributed by atoms with E-state index in [0.29, 0.717) is 24.8 Å². The second-order valence-corrected chi connectivity index (χ2v) is 4.43. The van der Waals surface area contributed by atoms with Crippen LogP contribution in [-0.4, -0.2) is 34.7 Å². The molecule has 0 aliphatic carbocycles. The minimum absolute atomic E-state index is 0.139. The van der Waals surface area contributed by atoms with Crippen molar-refractivity contribution in [2.24, 2.45) is 0 Å². The summed E-state index contributed by atoms with van der Waals surface area (Å²) in [5.41, 5.74) is 0. The third-order valence-electron chi connectivity index (χ3n) is 1.87. The summed E-state index contributed by atoms with van der Waals surface area (Å²) in [6.07, 6.45) is 0.697. The van der Waals surface area contributed by atoms with Crippen molar-refractivity contribution < 1.29 is 18.3 Å². The van der Waals surface area contributed by atoms with E-state index in [1.165, 1.54) is 0 Å². The fourth-order valence-electron chi connectivity index (χ4n) is 1.08. The van der Waals surface area contributed by atoms with E-state index in [1.54, 1.807) is 11.8 Å². The van der Waals surface area contributed by atoms with E-state index in [1.807, 2.05) is 0 Å². The molecule has 0 atom stereocenters. The van der Waals surface area contributed by atoms with E-state index < -0.39 is 17.6 Å². The zero-order valence-electron chi connectivity index (χ0n) is 9.05. The van der Waals surface area contributed by atoms with Gasteiger partial charge < -0.3 is 10.4 Å². The van der Waals surface area contributed by atoms with Crippen LogP contribution in [0.15, 0.2) is 6.07 Å². The van der Waals surface area contributed by atoms with Gasteiger partial charge in [0.1, 0.15) is 0 Å². The lowest BCUT2D eigenvalue weighted by Gasteiger charge is -2.06. The summed E-state index contributed by atoms with van der Waals surface area (Å²) in [6, 6.07) is 0.462. The molecule has 0 saturated heterocycles. The van der Waals surface area contributed by atoms with Gasteiger partial charge in [0.05, 0.1) is 0 Å². The van der Waals surface area contributed by atoms with Crippen LogP contribution < -0.4 is 5.32 Å². The first-order valence-corrected chi connectivity index (χ1v) is 6.24. The van der Waals surface area contributed by atoms with Gasteiger partial charge in [-0.1, -0.05) is 0 Å². The molecular formula is C10H13F3N2OS. The number of aliphatic hydroxyl groups excluding tert-OH is 1. The molecule has 2 N–H and O–H groups in total. The number of thioether (sulfide) groups is 1. The van der Waals surface area contributed by atoms with Gasteiger partial charge in [-0.2, -0.15) is 21.1 Å². The Morgan fingerprint density at radius 1 is 1.24 bits per heavy atom. The van der Waals surface area contributed by atoms with E-state index in [9.17, 15) is 13.2 Å². The third kappa shape index (κ3) is 4.82. The van der Waals surface area contributed by atoms with Gasteiger partial charge in [-0.05, 0) is 12.2 Å². The fraction of sp³-hybridized carbons (Fsp3) is 0.500. The topological polar surface area (TPSA) is 45.1 Å². The van der Waals surface area contributed by atoms with Crippen LogP contribution in [0, 0.1) is 17.6 Å². The molecule has 0 aliphatic heterocycles. The van der Waals surface area contributed by atoms with E-state index in [0.717, 1.165) is 5.75 Å². The number of anilines is 1. The zero-order valence-corrected chi connectivity index (χ0v) is 9.87. The Balaban J connectivity index is 2.34. The molecule has 3 nitrogen and oxygen atoms in total. The van der Waals surface area contributed by atoms with Crippen LogP contribution in [0.1, 0.15) is 6.42 Å². The molecule has 1 aromatic rings. The second kappa shape index (κ2) is 7.39. The van der Waals surface area contributed by atoms with Crippen molar-refractivity contribution in [2.45, 2.75) is 6.42 Å². The predicted molar refractivity (Wildman–Crippen MR) is 61.6 cm³/mol. The number of pyridine rings is 1. The molecule has 0 fully saturated rings. The van der Waals surface area contributed by atoms with Crippen LogP contribution >= 0.6 is 11.8 Å². The Labute approximate surface area is 101 Å². The quantitative estimate of drug-likeness (QED) is 0.585. The highest BCUT2D eigenvalue weighted by atomic mass is 32.2. The van der Waals surface area contributed by atoms with Crippen molar-refractivity contribution in [3.8, 4) is 0 Å². The Kier molecular flexibility index (Phi) is 6.13. The SMILES string of the molecule is OCCCSCCNc1nc(F)c(F)cc1F. The third-order valence-corrected chi connectivity index (χ3v) is 2.94. The van der Waals surface area contributed by atoms with Gasteiger partial charge in [-0.3, -0.25) is 0 Å². The van der Waals surface area contributed by atoms with E-state index >= 15 is 0 Å². The number of hydrogen-bond donors (Lipinski definition) is 2. The van der Waals surface area contributed by atoms with Crippen molar-refractivity contribution in [1.29, 1.82) is 0 Å². The largest absolute Gasteiger partial charge is 0.396 e. The molecule has 0 unspecified atom stereocenters. The van der Waals surface area contributed by atoms with Gasteiger partial charge in [0.2, 0.25) is 0 Å². The van der Waals surface area contributed by atoms with Crippen LogP contribution in [0.25, 0.3) is 0 Å². The van der Waals surface area contributed by atoms with Gasteiger partial charge in [-0.25, -0.2) is 8.78 Å². The number of hydrogen-bond acceptors (Lipinski definition) is 4. The number of aromatic nitrogens is 1. The van der Waals surface area contributed by atoms with Crippen molar-refractivity contribution in [3.63, 3.8) is 0 Å². The molecule has 0 saturated carbocycles. The van der Waals surface area contributed by atoms with Crippen LogP contribution in [0.4, 0.5) is 19.0 Å². The smallest absolute Gasteiger partial charge is 0.251 e. The van der Waals surface area contributed by atoms with Crippen LogP contribution in [0.5, 0.6) is 0 Å². The summed E-state index contributed by atoms with van der Waals surface area (Å²) in [4.78, 5) is 3.13. The van der Waals surface area contributed by atoms with Crippen molar-refractivity contribution in [3.05, 3.63) is 23.6 Å². The molecular weight excluding hydrogens is 253 g/mol. The number of rotatable bonds is 7. The van der Waals surface area contributed by atoms with Gasteiger partial charge in [0, 0.05) is 25.0 Å². The maximum atomic E-state index is 13.1. The molecule has 17 heavy (non-hydrogen) atoms. The Morgan fingerprint density at radius 2 is 2.00 bits per heavy atom. The number of nitrogens with one attached hydrogen (secondary N) is 1. The summed E-state index contributed by atoms with van der Waals surface area (Å²) in [7, 11) is 0. The Hall–Kier alpha value is -0.950. The minimum Gasteiger partial charge on any atom is -0.396 e. The fourth-order valence-corrected chi connectivity index (χ4v) is 1.86. The molecule has 0 bridgehead atoms. The molecule has 0 spiro atoms. The van der Waals surface area contributed by atoms with E-state index in [-0.39, 0.29) is 12.4 Å². The van der Waals surface area contributed by atoms with Crippen LogP contribution in [-0.2, 0) is 0 Å². The van der Waals surface area contributed by atoms with Crippen molar-refractivity contribution >= 4 is 17.6 Å². The maximum absolute atomic E-state index is 13.1. The first-order chi connectivity index (χ1) is 8.15.